The smallest absolute Gasteiger partial charge is 0.330 e. The molecule has 9 nitrogen and oxygen atoms in total. The third-order valence-corrected chi connectivity index (χ3v) is 7.07. The minimum absolute atomic E-state index is 0.0000986. The molecule has 1 aliphatic carbocycles. The number of ether oxygens (including phenoxy) is 1. The molecule has 0 N–H and O–H groups in total. The SMILES string of the molecule is CCOC(=O)/C=C/c1cc(C2CC2)cn2cc(Cn3cc(C(=O)CCc4ncn5ccc(Cl)cc45)cn3)nc12. The van der Waals surface area contributed by atoms with Crippen molar-refractivity contribution in [3.63, 3.8) is 0 Å². The lowest BCUT2D eigenvalue weighted by molar-refractivity contribution is -0.137. The minimum Gasteiger partial charge on any atom is -0.463 e. The van der Waals surface area contributed by atoms with Crippen LogP contribution in [0, 0.1) is 0 Å². The molecule has 1 saturated carbocycles. The van der Waals surface area contributed by atoms with Crippen LogP contribution in [0.5, 0.6) is 0 Å². The molecule has 0 atom stereocenters. The number of carbonyl (C=O) groups excluding carboxylic acids is 2. The lowest BCUT2D eigenvalue weighted by atomic mass is 10.1. The summed E-state index contributed by atoms with van der Waals surface area (Å²) in [6.07, 6.45) is 17.4. The number of imidazole rings is 2. The third-order valence-electron chi connectivity index (χ3n) is 6.83. The molecule has 0 aliphatic heterocycles. The van der Waals surface area contributed by atoms with Crippen molar-refractivity contribution < 1.29 is 14.3 Å². The lowest BCUT2D eigenvalue weighted by Crippen LogP contribution is -2.02. The van der Waals surface area contributed by atoms with Crippen LogP contribution in [0.3, 0.4) is 0 Å². The molecular formula is C29H27ClN6O3. The molecule has 0 aromatic carbocycles. The van der Waals surface area contributed by atoms with Gasteiger partial charge in [-0.1, -0.05) is 11.6 Å². The summed E-state index contributed by atoms with van der Waals surface area (Å²) >= 11 is 6.13. The molecule has 39 heavy (non-hydrogen) atoms. The van der Waals surface area contributed by atoms with Crippen molar-refractivity contribution in [2.75, 3.05) is 6.61 Å². The maximum Gasteiger partial charge on any atom is 0.330 e. The first-order chi connectivity index (χ1) is 19.0. The van der Waals surface area contributed by atoms with Crippen LogP contribution in [0.15, 0.2) is 61.6 Å². The van der Waals surface area contributed by atoms with E-state index in [1.54, 1.807) is 42.5 Å². The summed E-state index contributed by atoms with van der Waals surface area (Å²) in [7, 11) is 0. The van der Waals surface area contributed by atoms with E-state index in [-0.39, 0.29) is 11.8 Å². The van der Waals surface area contributed by atoms with Crippen LogP contribution in [0.4, 0.5) is 0 Å². The third kappa shape index (κ3) is 5.49. The zero-order valence-corrected chi connectivity index (χ0v) is 22.2. The highest BCUT2D eigenvalue weighted by Gasteiger charge is 2.25. The van der Waals surface area contributed by atoms with Crippen molar-refractivity contribution >= 4 is 40.6 Å². The van der Waals surface area contributed by atoms with Gasteiger partial charge in [-0.15, -0.1) is 0 Å². The molecule has 0 saturated heterocycles. The van der Waals surface area contributed by atoms with Gasteiger partial charge in [-0.25, -0.2) is 14.8 Å². The Kier molecular flexibility index (Phi) is 6.74. The number of esters is 1. The summed E-state index contributed by atoms with van der Waals surface area (Å²) in [6, 6.07) is 5.75. The molecule has 0 amide bonds. The Hall–Kier alpha value is -4.24. The van der Waals surface area contributed by atoms with Crippen molar-refractivity contribution in [3.05, 3.63) is 94.7 Å². The van der Waals surface area contributed by atoms with Crippen LogP contribution in [-0.2, 0) is 22.5 Å². The van der Waals surface area contributed by atoms with E-state index in [0.29, 0.717) is 42.5 Å². The standard InChI is InChI=1S/C29H27ClN6O3/c1-2-39-28(38)8-5-20-11-21(19-3-4-19)14-35-16-24(33-29(20)35)17-36-15-22(13-32-36)27(37)7-6-25-26-12-23(30)9-10-34(26)18-31-25/h5,8-16,18-19H,2-4,6-7,17H2,1H3/b8-5+. The van der Waals surface area contributed by atoms with Crippen LogP contribution < -0.4 is 0 Å². The van der Waals surface area contributed by atoms with Gasteiger partial charge in [-0.3, -0.25) is 9.48 Å². The monoisotopic (exact) mass is 542 g/mol. The fourth-order valence-corrected chi connectivity index (χ4v) is 4.89. The van der Waals surface area contributed by atoms with E-state index in [4.69, 9.17) is 21.3 Å². The molecule has 10 heteroatoms. The second-order valence-corrected chi connectivity index (χ2v) is 10.2. The first-order valence-corrected chi connectivity index (χ1v) is 13.4. The Bertz CT molecular complexity index is 1730. The molecule has 0 spiro atoms. The van der Waals surface area contributed by atoms with E-state index in [9.17, 15) is 9.59 Å². The largest absolute Gasteiger partial charge is 0.463 e. The van der Waals surface area contributed by atoms with Crippen molar-refractivity contribution in [2.45, 2.75) is 45.1 Å². The molecule has 198 valence electrons. The van der Waals surface area contributed by atoms with E-state index in [1.807, 2.05) is 27.3 Å². The Morgan fingerprint density at radius 3 is 2.87 bits per heavy atom. The van der Waals surface area contributed by atoms with E-state index in [1.165, 1.54) is 24.5 Å². The number of aromatic nitrogens is 6. The van der Waals surface area contributed by atoms with Gasteiger partial charge < -0.3 is 13.5 Å². The number of carbonyl (C=O) groups is 2. The quantitative estimate of drug-likeness (QED) is 0.138. The summed E-state index contributed by atoms with van der Waals surface area (Å²) < 4.78 is 10.6. The van der Waals surface area contributed by atoms with Crippen molar-refractivity contribution in [1.82, 2.24) is 28.5 Å². The maximum absolute atomic E-state index is 12.9. The molecule has 5 heterocycles. The summed E-state index contributed by atoms with van der Waals surface area (Å²) in [6.45, 7) is 2.53. The zero-order chi connectivity index (χ0) is 26.9. The maximum atomic E-state index is 12.9. The molecule has 5 aromatic rings. The zero-order valence-electron chi connectivity index (χ0n) is 21.5. The number of aryl methyl sites for hydroxylation is 1. The van der Waals surface area contributed by atoms with Crippen LogP contribution in [0.1, 0.15) is 65.0 Å². The van der Waals surface area contributed by atoms with E-state index >= 15 is 0 Å². The van der Waals surface area contributed by atoms with Crippen molar-refractivity contribution in [1.29, 1.82) is 0 Å². The molecule has 0 radical (unpaired) electrons. The predicted octanol–water partition coefficient (Wildman–Crippen LogP) is 5.15. The highest BCUT2D eigenvalue weighted by atomic mass is 35.5. The van der Waals surface area contributed by atoms with Crippen molar-refractivity contribution in [3.8, 4) is 0 Å². The predicted molar refractivity (Wildman–Crippen MR) is 147 cm³/mol. The number of rotatable bonds is 10. The summed E-state index contributed by atoms with van der Waals surface area (Å²) in [4.78, 5) is 34.0. The second-order valence-electron chi connectivity index (χ2n) is 9.73. The fourth-order valence-electron chi connectivity index (χ4n) is 4.73. The van der Waals surface area contributed by atoms with Gasteiger partial charge >= 0.3 is 5.97 Å². The summed E-state index contributed by atoms with van der Waals surface area (Å²) in [5.74, 6) is 0.171. The Morgan fingerprint density at radius 1 is 1.18 bits per heavy atom. The molecule has 1 aliphatic rings. The Labute approximate surface area is 229 Å². The molecular weight excluding hydrogens is 516 g/mol. The first-order valence-electron chi connectivity index (χ1n) is 13.0. The number of hydrogen-bond acceptors (Lipinski definition) is 6. The number of ketones is 1. The van der Waals surface area contributed by atoms with Gasteiger partial charge in [0.25, 0.3) is 0 Å². The number of nitrogens with zero attached hydrogens (tertiary/aromatic N) is 6. The molecule has 5 aromatic heterocycles. The van der Waals surface area contributed by atoms with Gasteiger partial charge in [0, 0.05) is 47.9 Å². The average Bonchev–Trinajstić information content (AvgIpc) is 3.33. The van der Waals surface area contributed by atoms with Crippen LogP contribution in [0.2, 0.25) is 5.02 Å². The summed E-state index contributed by atoms with van der Waals surface area (Å²) in [5, 5.41) is 5.04. The van der Waals surface area contributed by atoms with Gasteiger partial charge in [0.2, 0.25) is 0 Å². The number of halogens is 1. The van der Waals surface area contributed by atoms with E-state index < -0.39 is 0 Å². The van der Waals surface area contributed by atoms with Gasteiger partial charge in [0.15, 0.2) is 5.78 Å². The fraction of sp³-hybridized carbons (Fsp3) is 0.276. The van der Waals surface area contributed by atoms with Gasteiger partial charge in [-0.2, -0.15) is 5.10 Å². The topological polar surface area (TPSA) is 95.8 Å². The van der Waals surface area contributed by atoms with Crippen LogP contribution >= 0.6 is 11.6 Å². The highest BCUT2D eigenvalue weighted by molar-refractivity contribution is 6.30. The Balaban J connectivity index is 1.17. The molecule has 6 rings (SSSR count). The number of fused-ring (bicyclic) bond motifs is 2. The molecule has 1 fully saturated rings. The van der Waals surface area contributed by atoms with E-state index in [0.717, 1.165) is 28.1 Å². The second kappa shape index (κ2) is 10.5. The average molecular weight is 543 g/mol. The first kappa shape index (κ1) is 25.1. The van der Waals surface area contributed by atoms with E-state index in [2.05, 4.69) is 22.3 Å². The lowest BCUT2D eigenvalue weighted by Gasteiger charge is -2.04. The van der Waals surface area contributed by atoms with Gasteiger partial charge in [0.1, 0.15) is 5.65 Å². The molecule has 0 bridgehead atoms. The van der Waals surface area contributed by atoms with Gasteiger partial charge in [0.05, 0.1) is 48.1 Å². The van der Waals surface area contributed by atoms with Crippen molar-refractivity contribution in [2.24, 2.45) is 0 Å². The number of Topliss-reactive ketones (excluding diaryl/α,β-unsaturated/α-hetero) is 1. The van der Waals surface area contributed by atoms with Crippen LogP contribution in [-0.4, -0.2) is 46.9 Å². The Morgan fingerprint density at radius 2 is 2.05 bits per heavy atom. The molecule has 0 unspecified atom stereocenters. The number of pyridine rings is 2. The highest BCUT2D eigenvalue weighted by Crippen LogP contribution is 2.40. The minimum atomic E-state index is -0.377. The summed E-state index contributed by atoms with van der Waals surface area (Å²) in [5.41, 5.74) is 5.94. The normalized spacial score (nSPS) is 13.6. The van der Waals surface area contributed by atoms with Gasteiger partial charge in [-0.05, 0) is 61.9 Å². The number of hydrogen-bond donors (Lipinski definition) is 0. The van der Waals surface area contributed by atoms with Crippen LogP contribution in [0.25, 0.3) is 17.2 Å².